The summed E-state index contributed by atoms with van der Waals surface area (Å²) < 4.78 is 11.9. The molecule has 1 spiro atoms. The molecule has 2 aromatic rings. The van der Waals surface area contributed by atoms with E-state index in [0.717, 1.165) is 30.8 Å². The second-order valence-corrected chi connectivity index (χ2v) is 7.14. The van der Waals surface area contributed by atoms with Gasteiger partial charge in [0.1, 0.15) is 11.3 Å². The van der Waals surface area contributed by atoms with Gasteiger partial charge in [0, 0.05) is 25.1 Å². The number of rotatable bonds is 6. The van der Waals surface area contributed by atoms with E-state index in [2.05, 4.69) is 15.2 Å². The third-order valence-corrected chi connectivity index (χ3v) is 5.34. The monoisotopic (exact) mass is 356 g/mol. The molecule has 1 N–H and O–H groups in total. The van der Waals surface area contributed by atoms with Gasteiger partial charge in [-0.05, 0) is 43.9 Å². The molecule has 4 heterocycles. The normalized spacial score (nSPS) is 21.1. The van der Waals surface area contributed by atoms with E-state index in [1.165, 1.54) is 0 Å². The maximum absolute atomic E-state index is 12.3. The maximum Gasteiger partial charge on any atom is 0.272 e. The van der Waals surface area contributed by atoms with Gasteiger partial charge in [-0.15, -0.1) is 0 Å². The molecular weight excluding hydrogens is 332 g/mol. The molecule has 0 unspecified atom stereocenters. The first-order valence-corrected chi connectivity index (χ1v) is 9.09. The van der Waals surface area contributed by atoms with E-state index < -0.39 is 0 Å². The number of aryl methyl sites for hydroxylation is 1. The van der Waals surface area contributed by atoms with E-state index in [9.17, 15) is 4.79 Å². The Balaban J connectivity index is 1.25. The molecule has 2 saturated heterocycles. The number of pyridine rings is 1. The van der Waals surface area contributed by atoms with Gasteiger partial charge in [-0.25, -0.2) is 0 Å². The summed E-state index contributed by atoms with van der Waals surface area (Å²) in [6, 6.07) is 7.67. The zero-order valence-corrected chi connectivity index (χ0v) is 15.0. The first-order chi connectivity index (χ1) is 12.7. The number of aromatic nitrogens is 3. The molecule has 0 aliphatic carbocycles. The number of nitrogens with one attached hydrogen (secondary N) is 1. The van der Waals surface area contributed by atoms with E-state index in [0.29, 0.717) is 37.9 Å². The molecule has 7 heteroatoms. The molecule has 7 nitrogen and oxygen atoms in total. The Labute approximate surface area is 152 Å². The Bertz CT molecular complexity index is 756. The number of nitrogens with zero attached hydrogens (tertiary/aromatic N) is 3. The molecule has 26 heavy (non-hydrogen) atoms. The van der Waals surface area contributed by atoms with Gasteiger partial charge in [-0.1, -0.05) is 6.07 Å². The number of aromatic amines is 1. The number of amides is 1. The molecule has 0 aromatic carbocycles. The lowest BCUT2D eigenvalue weighted by Crippen LogP contribution is -2.66. The van der Waals surface area contributed by atoms with Gasteiger partial charge in [0.05, 0.1) is 25.4 Å². The largest absolute Gasteiger partial charge is 0.375 e. The summed E-state index contributed by atoms with van der Waals surface area (Å²) in [4.78, 5) is 18.6. The third kappa shape index (κ3) is 3.37. The summed E-state index contributed by atoms with van der Waals surface area (Å²) in [5.41, 5.74) is 2.30. The molecule has 1 atom stereocenters. The lowest BCUT2D eigenvalue weighted by Gasteiger charge is -2.50. The summed E-state index contributed by atoms with van der Waals surface area (Å²) in [7, 11) is 0. The molecule has 138 valence electrons. The van der Waals surface area contributed by atoms with Crippen molar-refractivity contribution in [2.24, 2.45) is 5.92 Å². The van der Waals surface area contributed by atoms with Gasteiger partial charge in [0.2, 0.25) is 0 Å². The standard InChI is InChI=1S/C19H24N4O3/c1-14-3-2-4-16(21-14)11-25-9-6-15-7-10-26-19(15)12-23(13-19)18(24)17-5-8-20-22-17/h2-5,8,15H,6-7,9-13H2,1H3,(H,20,22)/t15-/m0/s1. The van der Waals surface area contributed by atoms with Crippen LogP contribution in [0.2, 0.25) is 0 Å². The van der Waals surface area contributed by atoms with E-state index >= 15 is 0 Å². The fourth-order valence-corrected chi connectivity index (χ4v) is 3.91. The van der Waals surface area contributed by atoms with Crippen molar-refractivity contribution in [3.8, 4) is 0 Å². The van der Waals surface area contributed by atoms with E-state index in [1.807, 2.05) is 30.0 Å². The molecule has 4 rings (SSSR count). The molecular formula is C19H24N4O3. The number of carbonyl (C=O) groups excluding carboxylic acids is 1. The molecule has 0 bridgehead atoms. The number of carbonyl (C=O) groups is 1. The van der Waals surface area contributed by atoms with Crippen LogP contribution in [0.25, 0.3) is 0 Å². The van der Waals surface area contributed by atoms with Crippen LogP contribution in [0, 0.1) is 12.8 Å². The smallest absolute Gasteiger partial charge is 0.272 e. The van der Waals surface area contributed by atoms with Crippen molar-refractivity contribution in [1.29, 1.82) is 0 Å². The number of hydrogen-bond donors (Lipinski definition) is 1. The van der Waals surface area contributed by atoms with Crippen molar-refractivity contribution < 1.29 is 14.3 Å². The molecule has 2 aliphatic rings. The zero-order chi connectivity index (χ0) is 18.0. The van der Waals surface area contributed by atoms with Gasteiger partial charge < -0.3 is 14.4 Å². The predicted octanol–water partition coefficient (Wildman–Crippen LogP) is 1.95. The van der Waals surface area contributed by atoms with Crippen LogP contribution in [0.1, 0.15) is 34.7 Å². The third-order valence-electron chi connectivity index (χ3n) is 5.34. The van der Waals surface area contributed by atoms with Crippen LogP contribution in [-0.2, 0) is 16.1 Å². The topological polar surface area (TPSA) is 80.3 Å². The summed E-state index contributed by atoms with van der Waals surface area (Å²) in [6.07, 6.45) is 3.56. The highest BCUT2D eigenvalue weighted by Gasteiger charge is 2.54. The van der Waals surface area contributed by atoms with Crippen LogP contribution in [-0.4, -0.2) is 57.9 Å². The summed E-state index contributed by atoms with van der Waals surface area (Å²) in [6.45, 7) is 5.25. The second kappa shape index (κ2) is 7.17. The molecule has 2 fully saturated rings. The van der Waals surface area contributed by atoms with Crippen molar-refractivity contribution >= 4 is 5.91 Å². The SMILES string of the molecule is Cc1cccc(COCC[C@H]2CCOC23CN(C(=O)c2ccn[nH]2)C3)n1. The van der Waals surface area contributed by atoms with Gasteiger partial charge in [-0.3, -0.25) is 14.9 Å². The Kier molecular flexibility index (Phi) is 4.74. The Morgan fingerprint density at radius 3 is 3.08 bits per heavy atom. The number of hydrogen-bond acceptors (Lipinski definition) is 5. The van der Waals surface area contributed by atoms with Crippen LogP contribution < -0.4 is 0 Å². The second-order valence-electron chi connectivity index (χ2n) is 7.14. The first kappa shape index (κ1) is 17.2. The molecule has 2 aromatic heterocycles. The minimum absolute atomic E-state index is 0.0100. The highest BCUT2D eigenvalue weighted by molar-refractivity contribution is 5.93. The molecule has 2 aliphatic heterocycles. The summed E-state index contributed by atoms with van der Waals surface area (Å²) >= 11 is 0. The highest BCUT2D eigenvalue weighted by atomic mass is 16.5. The predicted molar refractivity (Wildman–Crippen MR) is 94.5 cm³/mol. The van der Waals surface area contributed by atoms with Gasteiger partial charge in [0.25, 0.3) is 5.91 Å². The van der Waals surface area contributed by atoms with Crippen molar-refractivity contribution in [1.82, 2.24) is 20.1 Å². The Morgan fingerprint density at radius 1 is 1.42 bits per heavy atom. The van der Waals surface area contributed by atoms with Crippen molar-refractivity contribution in [2.75, 3.05) is 26.3 Å². The van der Waals surface area contributed by atoms with Crippen LogP contribution in [0.15, 0.2) is 30.5 Å². The average molecular weight is 356 g/mol. The van der Waals surface area contributed by atoms with Crippen LogP contribution in [0.4, 0.5) is 0 Å². The minimum atomic E-state index is -0.194. The van der Waals surface area contributed by atoms with Crippen molar-refractivity contribution in [3.05, 3.63) is 47.5 Å². The maximum atomic E-state index is 12.3. The summed E-state index contributed by atoms with van der Waals surface area (Å²) in [5.74, 6) is 0.419. The fraction of sp³-hybridized carbons (Fsp3) is 0.526. The Hall–Kier alpha value is -2.25. The molecule has 0 radical (unpaired) electrons. The minimum Gasteiger partial charge on any atom is -0.375 e. The van der Waals surface area contributed by atoms with Crippen LogP contribution in [0.5, 0.6) is 0 Å². The quantitative estimate of drug-likeness (QED) is 0.800. The highest BCUT2D eigenvalue weighted by Crippen LogP contribution is 2.42. The zero-order valence-electron chi connectivity index (χ0n) is 15.0. The van der Waals surface area contributed by atoms with Gasteiger partial charge in [-0.2, -0.15) is 5.10 Å². The van der Waals surface area contributed by atoms with Crippen LogP contribution >= 0.6 is 0 Å². The lowest BCUT2D eigenvalue weighted by molar-refractivity contribution is -0.120. The first-order valence-electron chi connectivity index (χ1n) is 9.09. The fourth-order valence-electron chi connectivity index (χ4n) is 3.91. The number of ether oxygens (including phenoxy) is 2. The van der Waals surface area contributed by atoms with Crippen molar-refractivity contribution in [3.63, 3.8) is 0 Å². The number of likely N-dealkylation sites (tertiary alicyclic amines) is 1. The van der Waals surface area contributed by atoms with Crippen molar-refractivity contribution in [2.45, 2.75) is 32.0 Å². The van der Waals surface area contributed by atoms with E-state index in [4.69, 9.17) is 9.47 Å². The van der Waals surface area contributed by atoms with Gasteiger partial charge in [0.15, 0.2) is 0 Å². The van der Waals surface area contributed by atoms with E-state index in [-0.39, 0.29) is 11.5 Å². The van der Waals surface area contributed by atoms with Crippen LogP contribution in [0.3, 0.4) is 0 Å². The molecule has 0 saturated carbocycles. The lowest BCUT2D eigenvalue weighted by atomic mass is 9.79. The number of H-pyrrole nitrogens is 1. The van der Waals surface area contributed by atoms with E-state index in [1.54, 1.807) is 12.3 Å². The Morgan fingerprint density at radius 2 is 2.31 bits per heavy atom. The van der Waals surface area contributed by atoms with Gasteiger partial charge >= 0.3 is 0 Å². The molecule has 1 amide bonds. The summed E-state index contributed by atoms with van der Waals surface area (Å²) in [5, 5.41) is 6.57. The average Bonchev–Trinajstić information content (AvgIpc) is 3.26.